The van der Waals surface area contributed by atoms with Crippen molar-refractivity contribution >= 4 is 66.7 Å². The number of nitrogens with zero attached hydrogens (tertiary/aromatic N) is 5. The van der Waals surface area contributed by atoms with Gasteiger partial charge < -0.3 is 53.1 Å². The summed E-state index contributed by atoms with van der Waals surface area (Å²) in [7, 11) is -9.16. The van der Waals surface area contributed by atoms with Gasteiger partial charge in [0, 0.05) is 24.5 Å². The number of rotatable bonds is 5. The minimum Gasteiger partial charge on any atom is -0.756 e. The molecular weight excluding hydrogens is 808 g/mol. The summed E-state index contributed by atoms with van der Waals surface area (Å²) in [6.07, 6.45) is -6.45. The molecule has 4 N–H and O–H groups in total. The van der Waals surface area contributed by atoms with E-state index in [-0.39, 0.29) is 94.4 Å². The predicted molar refractivity (Wildman–Crippen MR) is 178 cm³/mol. The third-order valence-electron chi connectivity index (χ3n) is 8.77. The molecule has 4 aromatic heterocycles. The molecule has 1 amide bonds. The van der Waals surface area contributed by atoms with Crippen LogP contribution >= 0.6 is 27.0 Å². The van der Waals surface area contributed by atoms with Crippen LogP contribution in [0.5, 0.6) is 0 Å². The molecule has 0 aliphatic carbocycles. The molecule has 8 rings (SSSR count). The van der Waals surface area contributed by atoms with Crippen molar-refractivity contribution in [3.63, 3.8) is 0 Å². The molecule has 3 aliphatic heterocycles. The second-order valence-corrected chi connectivity index (χ2v) is 15.7. The number of aromatic amines is 1. The predicted octanol–water partition coefficient (Wildman–Crippen LogP) is -4.84. The van der Waals surface area contributed by atoms with Crippen LogP contribution < -0.4 is 85.5 Å². The Bertz CT molecular complexity index is 2360. The summed E-state index contributed by atoms with van der Waals surface area (Å²) < 4.78 is 67.0. The second kappa shape index (κ2) is 17.1. The van der Waals surface area contributed by atoms with Gasteiger partial charge in [0.05, 0.1) is 47.5 Å². The Kier molecular flexibility index (Phi) is 13.2. The third-order valence-corrected chi connectivity index (χ3v) is 11.8. The maximum Gasteiger partial charge on any atom is 1.00 e. The first-order valence-corrected chi connectivity index (χ1v) is 19.6. The fourth-order valence-corrected chi connectivity index (χ4v) is 9.32. The standard InChI is InChI=1S/C29H30N8O13P2S.2Na/c1-44-21-18-9-46-51(40,41)49-15-7-16(23-19-14(10-53-23)24(32-11-31-19)34-26(38)13-5-3-2-4-6-13)47-17(15)8-45-52(42,43)50-22(21)28(48-18)37-12-33-20-25(37)35-29(30)36-27(20)39;;/h2-6,10-12,15-18,21-22,28H,7-9H2,1H3,(H,40,41)(H,42,43)(H3,30,35,36,39)(H,31,32,34,38);;/q;2*+1/p-2/t15-,16+,17+,18+,21+,22+,28+;;/m0../s1. The van der Waals surface area contributed by atoms with E-state index in [1.54, 1.807) is 35.7 Å². The van der Waals surface area contributed by atoms with Gasteiger partial charge in [0.25, 0.3) is 27.1 Å². The molecule has 0 radical (unpaired) electrons. The van der Waals surface area contributed by atoms with Gasteiger partial charge in [-0.25, -0.2) is 15.0 Å². The number of fused-ring (bicyclic) bond motifs is 5. The zero-order valence-electron chi connectivity index (χ0n) is 29.2. The number of benzene rings is 1. The number of hydrogen-bond donors (Lipinski definition) is 3. The smallest absolute Gasteiger partial charge is 0.756 e. The minimum absolute atomic E-state index is 0. The topological polar surface area (TPSA) is 289 Å². The molecule has 0 spiro atoms. The van der Waals surface area contributed by atoms with E-state index < -0.39 is 77.3 Å². The Morgan fingerprint density at radius 1 is 1.02 bits per heavy atom. The van der Waals surface area contributed by atoms with E-state index >= 15 is 0 Å². The Balaban J connectivity index is 0.00000257. The third kappa shape index (κ3) is 8.73. The number of amides is 1. The summed E-state index contributed by atoms with van der Waals surface area (Å²) in [5.74, 6) is -0.399. The maximum atomic E-state index is 13.4. The van der Waals surface area contributed by atoms with Crippen molar-refractivity contribution < 1.29 is 115 Å². The molecule has 0 saturated carbocycles. The summed E-state index contributed by atoms with van der Waals surface area (Å²) >= 11 is 1.22. The van der Waals surface area contributed by atoms with Gasteiger partial charge >= 0.3 is 59.1 Å². The van der Waals surface area contributed by atoms with Crippen molar-refractivity contribution in [1.82, 2.24) is 29.5 Å². The van der Waals surface area contributed by atoms with Crippen molar-refractivity contribution in [2.75, 3.05) is 31.4 Å². The zero-order chi connectivity index (χ0) is 37.1. The van der Waals surface area contributed by atoms with Crippen molar-refractivity contribution in [2.45, 2.75) is 49.3 Å². The van der Waals surface area contributed by atoms with E-state index in [1.807, 2.05) is 0 Å². The van der Waals surface area contributed by atoms with Gasteiger partial charge in [-0.1, -0.05) is 18.2 Å². The molecule has 9 atom stereocenters. The van der Waals surface area contributed by atoms with Gasteiger partial charge in [0.1, 0.15) is 36.6 Å². The number of thiophene rings is 1. The Labute approximate surface area is 358 Å². The number of phosphoric acid groups is 2. The Morgan fingerprint density at radius 3 is 2.49 bits per heavy atom. The number of nitrogens with two attached hydrogens (primary N) is 1. The number of H-pyrrole nitrogens is 1. The average molecular weight is 837 g/mol. The van der Waals surface area contributed by atoms with E-state index in [1.165, 1.54) is 29.3 Å². The first-order chi connectivity index (χ1) is 25.4. The zero-order valence-corrected chi connectivity index (χ0v) is 35.8. The van der Waals surface area contributed by atoms with E-state index in [2.05, 4.69) is 30.2 Å². The molecule has 3 aliphatic rings. The summed E-state index contributed by atoms with van der Waals surface area (Å²) in [6, 6.07) is 8.54. The molecule has 3 fully saturated rings. The van der Waals surface area contributed by atoms with Gasteiger partial charge in [0.15, 0.2) is 17.4 Å². The quantitative estimate of drug-likeness (QED) is 0.111. The van der Waals surface area contributed by atoms with Crippen LogP contribution in [0.3, 0.4) is 0 Å². The van der Waals surface area contributed by atoms with Crippen molar-refractivity contribution in [3.05, 3.63) is 69.2 Å². The molecule has 2 unspecified atom stereocenters. The molecule has 7 heterocycles. The summed E-state index contributed by atoms with van der Waals surface area (Å²) in [4.78, 5) is 71.5. The van der Waals surface area contributed by atoms with Crippen LogP contribution in [0.1, 0.15) is 34.0 Å². The van der Waals surface area contributed by atoms with E-state index in [4.69, 9.17) is 38.0 Å². The van der Waals surface area contributed by atoms with E-state index in [9.17, 15) is 28.5 Å². The van der Waals surface area contributed by atoms with E-state index in [0.717, 1.165) is 6.33 Å². The number of hydrogen-bond acceptors (Lipinski definition) is 19. The molecule has 5 aromatic rings. The van der Waals surface area contributed by atoms with Crippen LogP contribution in [0.4, 0.5) is 11.8 Å². The van der Waals surface area contributed by atoms with Gasteiger partial charge in [-0.3, -0.25) is 28.3 Å². The van der Waals surface area contributed by atoms with Gasteiger partial charge in [-0.15, -0.1) is 11.3 Å². The number of aromatic nitrogens is 6. The van der Waals surface area contributed by atoms with Crippen LogP contribution in [0.15, 0.2) is 53.2 Å². The number of ether oxygens (including phenoxy) is 3. The van der Waals surface area contributed by atoms with Crippen LogP contribution in [-0.4, -0.2) is 86.2 Å². The number of carbonyl (C=O) groups is 1. The Morgan fingerprint density at radius 2 is 1.75 bits per heavy atom. The fraction of sp³-hybridized carbons (Fsp3) is 0.379. The number of methoxy groups -OCH3 is 1. The van der Waals surface area contributed by atoms with Gasteiger partial charge in [-0.05, 0) is 12.1 Å². The molecular formula is C29H28N8Na2O13P2S. The average Bonchev–Trinajstić information content (AvgIpc) is 3.91. The number of anilines is 2. The maximum absolute atomic E-state index is 13.4. The summed E-state index contributed by atoms with van der Waals surface area (Å²) in [5, 5.41) is 4.99. The van der Waals surface area contributed by atoms with Crippen LogP contribution in [-0.2, 0) is 41.4 Å². The number of nitrogens with one attached hydrogen (secondary N) is 2. The molecule has 3 saturated heterocycles. The first kappa shape index (κ1) is 42.6. The first-order valence-electron chi connectivity index (χ1n) is 15.8. The molecule has 280 valence electrons. The SMILES string of the molecule is CO[C@H]1[C@H]2OP(=O)([O-])OC[C@H]3O[C@@H](c4scc5c(NC(=O)c6ccccc6)ncnc45)C[C@@H]3OP(=O)([O-])OC[C@H]1O[C@H]2n1cnc2c(=O)[nH]c(N)nc21.[Na+].[Na+]. The molecule has 2 bridgehead atoms. The molecule has 26 heteroatoms. The molecule has 55 heavy (non-hydrogen) atoms. The number of carbonyl (C=O) groups excluding carboxylic acids is 1. The Hall–Kier alpha value is -2.02. The van der Waals surface area contributed by atoms with Crippen LogP contribution in [0.2, 0.25) is 0 Å². The number of phosphoric ester groups is 2. The van der Waals surface area contributed by atoms with Crippen molar-refractivity contribution in [1.29, 1.82) is 0 Å². The van der Waals surface area contributed by atoms with E-state index in [0.29, 0.717) is 21.3 Å². The second-order valence-electron chi connectivity index (χ2n) is 12.0. The normalized spacial score (nSPS) is 31.0. The fourth-order valence-electron chi connectivity index (χ4n) is 6.42. The molecule has 21 nitrogen and oxygen atoms in total. The van der Waals surface area contributed by atoms with Crippen molar-refractivity contribution in [3.8, 4) is 0 Å². The molecule has 1 aromatic carbocycles. The van der Waals surface area contributed by atoms with Gasteiger partial charge in [-0.2, -0.15) is 4.98 Å². The summed E-state index contributed by atoms with van der Waals surface area (Å²) in [5.41, 5.74) is 5.68. The van der Waals surface area contributed by atoms with Crippen LogP contribution in [0.25, 0.3) is 22.1 Å². The monoisotopic (exact) mass is 836 g/mol. The minimum atomic E-state index is -5.25. The number of imidazole rings is 1. The van der Waals surface area contributed by atoms with Crippen LogP contribution in [0, 0.1) is 0 Å². The number of nitrogen functional groups attached to an aromatic ring is 1. The van der Waals surface area contributed by atoms with Gasteiger partial charge in [0.2, 0.25) is 5.95 Å². The summed E-state index contributed by atoms with van der Waals surface area (Å²) in [6.45, 7) is -1.41. The van der Waals surface area contributed by atoms with Crippen molar-refractivity contribution in [2.24, 2.45) is 0 Å². The largest absolute Gasteiger partial charge is 1.00 e.